The lowest BCUT2D eigenvalue weighted by atomic mass is 10.3. The van der Waals surface area contributed by atoms with Gasteiger partial charge in [0.25, 0.3) is 0 Å². The molecule has 0 bridgehead atoms. The predicted molar refractivity (Wildman–Crippen MR) is 47.5 cm³/mol. The fourth-order valence-electron chi connectivity index (χ4n) is 1.37. The van der Waals surface area contributed by atoms with E-state index in [9.17, 15) is 0 Å². The van der Waals surface area contributed by atoms with Gasteiger partial charge in [-0.15, -0.1) is 0 Å². The van der Waals surface area contributed by atoms with Crippen LogP contribution in [0.15, 0.2) is 24.5 Å². The van der Waals surface area contributed by atoms with Crippen molar-refractivity contribution >= 4 is 0 Å². The number of nitrogens with two attached hydrogens (primary N) is 1. The Kier molecular flexibility index (Phi) is 2.06. The van der Waals surface area contributed by atoms with Crippen LogP contribution in [0.25, 0.3) is 0 Å². The minimum absolute atomic E-state index is 0.616. The normalized spacial score (nSPS) is 27.1. The SMILES string of the molecule is NCC1CN1Cc1cccnc1. The van der Waals surface area contributed by atoms with E-state index in [2.05, 4.69) is 16.0 Å². The highest BCUT2D eigenvalue weighted by atomic mass is 15.3. The molecule has 2 unspecified atom stereocenters. The monoisotopic (exact) mass is 163 g/mol. The molecule has 1 saturated heterocycles. The van der Waals surface area contributed by atoms with Gasteiger partial charge in [-0.3, -0.25) is 9.88 Å². The van der Waals surface area contributed by atoms with Crippen LogP contribution < -0.4 is 5.73 Å². The van der Waals surface area contributed by atoms with E-state index in [1.54, 1.807) is 6.20 Å². The summed E-state index contributed by atoms with van der Waals surface area (Å²) >= 11 is 0. The van der Waals surface area contributed by atoms with Crippen LogP contribution in [-0.2, 0) is 6.54 Å². The third-order valence-electron chi connectivity index (χ3n) is 2.21. The van der Waals surface area contributed by atoms with Crippen molar-refractivity contribution in [2.45, 2.75) is 12.6 Å². The molecule has 3 heteroatoms. The number of hydrogen-bond donors (Lipinski definition) is 1. The van der Waals surface area contributed by atoms with Crippen LogP contribution in [0.5, 0.6) is 0 Å². The summed E-state index contributed by atoms with van der Waals surface area (Å²) in [7, 11) is 0. The molecule has 1 aromatic heterocycles. The third kappa shape index (κ3) is 1.62. The first kappa shape index (κ1) is 7.71. The average molecular weight is 163 g/mol. The molecule has 64 valence electrons. The van der Waals surface area contributed by atoms with Crippen molar-refractivity contribution in [3.05, 3.63) is 30.1 Å². The molecule has 1 fully saturated rings. The van der Waals surface area contributed by atoms with Gasteiger partial charge in [-0.05, 0) is 11.6 Å². The Morgan fingerprint density at radius 2 is 2.58 bits per heavy atom. The van der Waals surface area contributed by atoms with Crippen LogP contribution in [0, 0.1) is 0 Å². The molecule has 0 radical (unpaired) electrons. The van der Waals surface area contributed by atoms with E-state index in [1.165, 1.54) is 5.56 Å². The first-order valence-corrected chi connectivity index (χ1v) is 4.23. The summed E-state index contributed by atoms with van der Waals surface area (Å²) in [5.41, 5.74) is 6.79. The van der Waals surface area contributed by atoms with Gasteiger partial charge in [-0.1, -0.05) is 6.07 Å². The highest BCUT2D eigenvalue weighted by Gasteiger charge is 2.31. The number of aromatic nitrogens is 1. The second-order valence-electron chi connectivity index (χ2n) is 3.18. The second-order valence-corrected chi connectivity index (χ2v) is 3.18. The van der Waals surface area contributed by atoms with E-state index in [0.717, 1.165) is 19.6 Å². The zero-order chi connectivity index (χ0) is 8.39. The van der Waals surface area contributed by atoms with E-state index >= 15 is 0 Å². The van der Waals surface area contributed by atoms with Crippen LogP contribution in [0.4, 0.5) is 0 Å². The maximum atomic E-state index is 5.52. The number of pyridine rings is 1. The molecule has 1 aromatic rings. The van der Waals surface area contributed by atoms with Crippen LogP contribution in [-0.4, -0.2) is 29.0 Å². The van der Waals surface area contributed by atoms with Gasteiger partial charge in [-0.2, -0.15) is 0 Å². The minimum Gasteiger partial charge on any atom is -0.329 e. The number of hydrogen-bond acceptors (Lipinski definition) is 3. The second kappa shape index (κ2) is 3.21. The fraction of sp³-hybridized carbons (Fsp3) is 0.444. The lowest BCUT2D eigenvalue weighted by molar-refractivity contribution is 0.503. The van der Waals surface area contributed by atoms with E-state index in [-0.39, 0.29) is 0 Å². The van der Waals surface area contributed by atoms with E-state index in [1.807, 2.05) is 12.3 Å². The van der Waals surface area contributed by atoms with Gasteiger partial charge in [0.1, 0.15) is 0 Å². The van der Waals surface area contributed by atoms with Gasteiger partial charge < -0.3 is 5.73 Å². The standard InChI is InChI=1S/C9H13N3/c10-4-9-7-12(9)6-8-2-1-3-11-5-8/h1-3,5,9H,4,6-7,10H2. The van der Waals surface area contributed by atoms with Crippen molar-refractivity contribution in [2.24, 2.45) is 5.73 Å². The third-order valence-corrected chi connectivity index (χ3v) is 2.21. The molecule has 1 aliphatic rings. The molecule has 12 heavy (non-hydrogen) atoms. The Hall–Kier alpha value is -0.930. The summed E-state index contributed by atoms with van der Waals surface area (Å²) in [6, 6.07) is 4.68. The quantitative estimate of drug-likeness (QED) is 0.648. The molecule has 0 spiro atoms. The van der Waals surface area contributed by atoms with Crippen molar-refractivity contribution in [1.29, 1.82) is 0 Å². The Balaban J connectivity index is 1.89. The highest BCUT2D eigenvalue weighted by molar-refractivity contribution is 5.10. The zero-order valence-electron chi connectivity index (χ0n) is 6.98. The largest absolute Gasteiger partial charge is 0.329 e. The molecule has 2 N–H and O–H groups in total. The topological polar surface area (TPSA) is 41.9 Å². The molecule has 0 saturated carbocycles. The van der Waals surface area contributed by atoms with Gasteiger partial charge in [0, 0.05) is 38.1 Å². The molecule has 2 rings (SSSR count). The van der Waals surface area contributed by atoms with E-state index in [4.69, 9.17) is 5.73 Å². The number of rotatable bonds is 3. The highest BCUT2D eigenvalue weighted by Crippen LogP contribution is 2.18. The van der Waals surface area contributed by atoms with Gasteiger partial charge in [-0.25, -0.2) is 0 Å². The van der Waals surface area contributed by atoms with Crippen LogP contribution >= 0.6 is 0 Å². The van der Waals surface area contributed by atoms with Crippen molar-refractivity contribution in [3.8, 4) is 0 Å². The van der Waals surface area contributed by atoms with Crippen molar-refractivity contribution in [2.75, 3.05) is 13.1 Å². The minimum atomic E-state index is 0.616. The smallest absolute Gasteiger partial charge is 0.0350 e. The summed E-state index contributed by atoms with van der Waals surface area (Å²) in [5, 5.41) is 0. The summed E-state index contributed by atoms with van der Waals surface area (Å²) in [6.45, 7) is 2.92. The zero-order valence-corrected chi connectivity index (χ0v) is 6.98. The number of nitrogens with zero attached hydrogens (tertiary/aromatic N) is 2. The lowest BCUT2D eigenvalue weighted by Crippen LogP contribution is -2.12. The van der Waals surface area contributed by atoms with Gasteiger partial charge in [0.15, 0.2) is 0 Å². The van der Waals surface area contributed by atoms with Crippen LogP contribution in [0.1, 0.15) is 5.56 Å². The van der Waals surface area contributed by atoms with Gasteiger partial charge >= 0.3 is 0 Å². The van der Waals surface area contributed by atoms with Crippen LogP contribution in [0.3, 0.4) is 0 Å². The molecule has 3 nitrogen and oxygen atoms in total. The summed E-state index contributed by atoms with van der Waals surface area (Å²) in [5.74, 6) is 0. The Labute approximate surface area is 72.2 Å². The lowest BCUT2D eigenvalue weighted by Gasteiger charge is -2.01. The molecule has 0 aliphatic carbocycles. The van der Waals surface area contributed by atoms with Crippen molar-refractivity contribution < 1.29 is 0 Å². The van der Waals surface area contributed by atoms with Gasteiger partial charge in [0.2, 0.25) is 0 Å². The van der Waals surface area contributed by atoms with E-state index < -0.39 is 0 Å². The first-order valence-electron chi connectivity index (χ1n) is 4.23. The Morgan fingerprint density at radius 3 is 3.17 bits per heavy atom. The molecular formula is C9H13N3. The maximum Gasteiger partial charge on any atom is 0.0350 e. The Morgan fingerprint density at radius 1 is 1.67 bits per heavy atom. The fourth-order valence-corrected chi connectivity index (χ4v) is 1.37. The molecule has 2 heterocycles. The molecule has 2 atom stereocenters. The van der Waals surface area contributed by atoms with Crippen LogP contribution in [0.2, 0.25) is 0 Å². The van der Waals surface area contributed by atoms with Gasteiger partial charge in [0.05, 0.1) is 0 Å². The summed E-state index contributed by atoms with van der Waals surface area (Å²) < 4.78 is 0. The van der Waals surface area contributed by atoms with Crippen molar-refractivity contribution in [1.82, 2.24) is 9.88 Å². The maximum absolute atomic E-state index is 5.52. The summed E-state index contributed by atoms with van der Waals surface area (Å²) in [4.78, 5) is 6.40. The summed E-state index contributed by atoms with van der Waals surface area (Å²) in [6.07, 6.45) is 3.71. The molecular weight excluding hydrogens is 150 g/mol. The predicted octanol–water partition coefficient (Wildman–Crippen LogP) is 0.224. The first-order chi connectivity index (χ1) is 5.90. The average Bonchev–Trinajstić information content (AvgIpc) is 2.85. The molecule has 0 amide bonds. The molecule has 1 aliphatic heterocycles. The van der Waals surface area contributed by atoms with Crippen molar-refractivity contribution in [3.63, 3.8) is 0 Å². The molecule has 0 aromatic carbocycles. The Bertz CT molecular complexity index is 247. The van der Waals surface area contributed by atoms with E-state index in [0.29, 0.717) is 6.04 Å².